The Hall–Kier alpha value is -1.48. The monoisotopic (exact) mass is 232 g/mol. The Morgan fingerprint density at radius 2 is 1.29 bits per heavy atom. The molecule has 90 valence electrons. The SMILES string of the molecule is COc1ccc(OC)c2c1C1(C)C=CC2(C)O1. The van der Waals surface area contributed by atoms with Gasteiger partial charge in [-0.15, -0.1) is 0 Å². The number of fused-ring (bicyclic) bond motifs is 5. The minimum atomic E-state index is -0.399. The van der Waals surface area contributed by atoms with E-state index >= 15 is 0 Å². The summed E-state index contributed by atoms with van der Waals surface area (Å²) in [6.07, 6.45) is 4.19. The van der Waals surface area contributed by atoms with E-state index in [4.69, 9.17) is 14.2 Å². The van der Waals surface area contributed by atoms with Gasteiger partial charge in [-0.25, -0.2) is 0 Å². The Balaban J connectivity index is 2.35. The molecular formula is C14H16O3. The van der Waals surface area contributed by atoms with Crippen LogP contribution in [0, 0.1) is 0 Å². The van der Waals surface area contributed by atoms with Crippen molar-refractivity contribution in [2.24, 2.45) is 0 Å². The van der Waals surface area contributed by atoms with E-state index in [-0.39, 0.29) is 0 Å². The fourth-order valence-corrected chi connectivity index (χ4v) is 2.99. The van der Waals surface area contributed by atoms with Gasteiger partial charge in [0.2, 0.25) is 0 Å². The molecule has 1 aromatic rings. The summed E-state index contributed by atoms with van der Waals surface area (Å²) in [5, 5.41) is 0. The quantitative estimate of drug-likeness (QED) is 0.734. The molecule has 0 saturated heterocycles. The summed E-state index contributed by atoms with van der Waals surface area (Å²) < 4.78 is 17.0. The lowest BCUT2D eigenvalue weighted by Gasteiger charge is -2.22. The molecule has 0 radical (unpaired) electrons. The molecule has 0 aliphatic carbocycles. The highest BCUT2D eigenvalue weighted by Gasteiger charge is 2.54. The summed E-state index contributed by atoms with van der Waals surface area (Å²) in [6.45, 7) is 4.12. The topological polar surface area (TPSA) is 27.7 Å². The normalized spacial score (nSPS) is 32.7. The lowest BCUT2D eigenvalue weighted by molar-refractivity contribution is -0.0505. The minimum Gasteiger partial charge on any atom is -0.496 e. The fraction of sp³-hybridized carbons (Fsp3) is 0.429. The molecule has 3 heteroatoms. The molecule has 0 spiro atoms. The zero-order valence-corrected chi connectivity index (χ0v) is 10.5. The van der Waals surface area contributed by atoms with Crippen LogP contribution in [0.3, 0.4) is 0 Å². The van der Waals surface area contributed by atoms with Gasteiger partial charge in [0.1, 0.15) is 22.7 Å². The molecule has 2 heterocycles. The zero-order chi connectivity index (χ0) is 12.3. The molecule has 2 unspecified atom stereocenters. The first-order chi connectivity index (χ1) is 8.04. The molecule has 3 nitrogen and oxygen atoms in total. The van der Waals surface area contributed by atoms with Crippen LogP contribution < -0.4 is 9.47 Å². The summed E-state index contributed by atoms with van der Waals surface area (Å²) >= 11 is 0. The fourth-order valence-electron chi connectivity index (χ4n) is 2.99. The van der Waals surface area contributed by atoms with E-state index < -0.39 is 11.2 Å². The molecule has 0 saturated carbocycles. The summed E-state index contributed by atoms with van der Waals surface area (Å²) in [5.41, 5.74) is 1.38. The molecule has 1 aromatic carbocycles. The van der Waals surface area contributed by atoms with Crippen molar-refractivity contribution in [1.82, 2.24) is 0 Å². The third kappa shape index (κ3) is 1.15. The molecule has 0 N–H and O–H groups in total. The lowest BCUT2D eigenvalue weighted by atomic mass is 9.82. The Morgan fingerprint density at radius 1 is 0.882 bits per heavy atom. The minimum absolute atomic E-state index is 0.399. The number of ether oxygens (including phenoxy) is 3. The van der Waals surface area contributed by atoms with Gasteiger partial charge in [0.05, 0.1) is 14.2 Å². The first kappa shape index (κ1) is 10.7. The van der Waals surface area contributed by atoms with Crippen molar-refractivity contribution in [3.05, 3.63) is 35.4 Å². The lowest BCUT2D eigenvalue weighted by Crippen LogP contribution is -2.17. The van der Waals surface area contributed by atoms with Crippen molar-refractivity contribution in [2.45, 2.75) is 25.0 Å². The number of methoxy groups -OCH3 is 2. The van der Waals surface area contributed by atoms with Crippen molar-refractivity contribution < 1.29 is 14.2 Å². The third-order valence-electron chi connectivity index (χ3n) is 3.70. The van der Waals surface area contributed by atoms with Crippen LogP contribution in [0.2, 0.25) is 0 Å². The molecular weight excluding hydrogens is 216 g/mol. The molecule has 2 atom stereocenters. The Bertz CT molecular complexity index is 475. The molecule has 2 aliphatic rings. The molecule has 0 aromatic heterocycles. The van der Waals surface area contributed by atoms with Crippen LogP contribution >= 0.6 is 0 Å². The van der Waals surface area contributed by atoms with Gasteiger partial charge >= 0.3 is 0 Å². The molecule has 0 amide bonds. The predicted octanol–water partition coefficient (Wildman–Crippen LogP) is 2.73. The number of hydrogen-bond acceptors (Lipinski definition) is 3. The molecule has 2 bridgehead atoms. The van der Waals surface area contributed by atoms with Crippen molar-refractivity contribution in [2.75, 3.05) is 14.2 Å². The number of rotatable bonds is 2. The average molecular weight is 232 g/mol. The highest BCUT2D eigenvalue weighted by Crippen LogP contribution is 2.59. The first-order valence-corrected chi connectivity index (χ1v) is 5.70. The van der Waals surface area contributed by atoms with Crippen LogP contribution in [0.1, 0.15) is 25.0 Å². The molecule has 2 aliphatic heterocycles. The first-order valence-electron chi connectivity index (χ1n) is 5.70. The van der Waals surface area contributed by atoms with E-state index in [9.17, 15) is 0 Å². The average Bonchev–Trinajstić information content (AvgIpc) is 2.76. The Kier molecular flexibility index (Phi) is 1.91. The van der Waals surface area contributed by atoms with Gasteiger partial charge < -0.3 is 14.2 Å². The zero-order valence-electron chi connectivity index (χ0n) is 10.5. The van der Waals surface area contributed by atoms with Crippen molar-refractivity contribution in [3.8, 4) is 11.5 Å². The van der Waals surface area contributed by atoms with Gasteiger partial charge in [-0.05, 0) is 38.1 Å². The van der Waals surface area contributed by atoms with Crippen LogP contribution in [0.5, 0.6) is 11.5 Å². The van der Waals surface area contributed by atoms with E-state index in [2.05, 4.69) is 26.0 Å². The van der Waals surface area contributed by atoms with E-state index in [1.54, 1.807) is 14.2 Å². The second kappa shape index (κ2) is 3.05. The largest absolute Gasteiger partial charge is 0.496 e. The van der Waals surface area contributed by atoms with Crippen LogP contribution in [-0.4, -0.2) is 14.2 Å². The van der Waals surface area contributed by atoms with Crippen molar-refractivity contribution >= 4 is 0 Å². The van der Waals surface area contributed by atoms with E-state index in [1.165, 1.54) is 0 Å². The van der Waals surface area contributed by atoms with Gasteiger partial charge in [-0.3, -0.25) is 0 Å². The maximum atomic E-state index is 6.13. The standard InChI is InChI=1S/C14H16O3/c1-13-7-8-14(2,17-13)12-10(16-4)6-5-9(15-3)11(12)13/h5-8H,1-4H3. The van der Waals surface area contributed by atoms with E-state index in [0.717, 1.165) is 22.6 Å². The summed E-state index contributed by atoms with van der Waals surface area (Å²) in [6, 6.07) is 3.87. The predicted molar refractivity (Wildman–Crippen MR) is 64.5 cm³/mol. The highest BCUT2D eigenvalue weighted by atomic mass is 16.5. The van der Waals surface area contributed by atoms with Crippen molar-refractivity contribution in [3.63, 3.8) is 0 Å². The number of hydrogen-bond donors (Lipinski definition) is 0. The number of benzene rings is 1. The van der Waals surface area contributed by atoms with Gasteiger partial charge in [0.15, 0.2) is 0 Å². The maximum absolute atomic E-state index is 6.13. The second-order valence-electron chi connectivity index (χ2n) is 4.87. The Morgan fingerprint density at radius 3 is 1.65 bits per heavy atom. The van der Waals surface area contributed by atoms with Crippen LogP contribution in [0.25, 0.3) is 0 Å². The van der Waals surface area contributed by atoms with E-state index in [0.29, 0.717) is 0 Å². The smallest absolute Gasteiger partial charge is 0.125 e. The maximum Gasteiger partial charge on any atom is 0.125 e. The van der Waals surface area contributed by atoms with Gasteiger partial charge in [-0.1, -0.05) is 0 Å². The van der Waals surface area contributed by atoms with Gasteiger partial charge in [0.25, 0.3) is 0 Å². The highest BCUT2D eigenvalue weighted by molar-refractivity contribution is 5.62. The third-order valence-corrected chi connectivity index (χ3v) is 3.70. The molecule has 17 heavy (non-hydrogen) atoms. The van der Waals surface area contributed by atoms with Gasteiger partial charge in [-0.2, -0.15) is 0 Å². The second-order valence-corrected chi connectivity index (χ2v) is 4.87. The summed E-state index contributed by atoms with van der Waals surface area (Å²) in [4.78, 5) is 0. The van der Waals surface area contributed by atoms with E-state index in [1.807, 2.05) is 12.1 Å². The van der Waals surface area contributed by atoms with Crippen LogP contribution in [-0.2, 0) is 15.9 Å². The summed E-state index contributed by atoms with van der Waals surface area (Å²) in [7, 11) is 3.37. The van der Waals surface area contributed by atoms with Crippen LogP contribution in [0.15, 0.2) is 24.3 Å². The Labute approximate surface area is 101 Å². The molecule has 3 rings (SSSR count). The van der Waals surface area contributed by atoms with Crippen molar-refractivity contribution in [1.29, 1.82) is 0 Å². The molecule has 0 fully saturated rings. The summed E-state index contributed by atoms with van der Waals surface area (Å²) in [5.74, 6) is 1.72. The van der Waals surface area contributed by atoms with Gasteiger partial charge in [0, 0.05) is 11.1 Å². The van der Waals surface area contributed by atoms with Crippen LogP contribution in [0.4, 0.5) is 0 Å².